The molecule has 2 rings (SSSR count). The fraction of sp³-hybridized carbons (Fsp3) is 0.294. The number of carboxylic acids is 1. The van der Waals surface area contributed by atoms with E-state index in [9.17, 15) is 14.4 Å². The number of carbonyl (C=O) groups excluding carboxylic acids is 2. The van der Waals surface area contributed by atoms with Crippen LogP contribution >= 0.6 is 0 Å². The number of benzene rings is 1. The Morgan fingerprint density at radius 2 is 1.72 bits per heavy atom. The molecule has 8 nitrogen and oxygen atoms in total. The lowest BCUT2D eigenvalue weighted by molar-refractivity contribution is -0.138. The summed E-state index contributed by atoms with van der Waals surface area (Å²) >= 11 is 0. The Labute approximate surface area is 144 Å². The molecule has 8 heteroatoms. The van der Waals surface area contributed by atoms with Crippen molar-refractivity contribution in [1.29, 1.82) is 0 Å². The van der Waals surface area contributed by atoms with Crippen LogP contribution in [-0.2, 0) is 4.79 Å². The highest BCUT2D eigenvalue weighted by molar-refractivity contribution is 6.03. The zero-order valence-corrected chi connectivity index (χ0v) is 14.1. The van der Waals surface area contributed by atoms with Gasteiger partial charge in [-0.15, -0.1) is 0 Å². The van der Waals surface area contributed by atoms with Crippen LogP contribution in [0.15, 0.2) is 34.9 Å². The van der Waals surface area contributed by atoms with E-state index in [4.69, 9.17) is 9.63 Å². The predicted molar refractivity (Wildman–Crippen MR) is 89.6 cm³/mol. The first-order valence-electron chi connectivity index (χ1n) is 7.69. The highest BCUT2D eigenvalue weighted by atomic mass is 16.5. The number of hydrogen-bond donors (Lipinski definition) is 3. The molecular formula is C17H19N3O5. The van der Waals surface area contributed by atoms with Gasteiger partial charge in [-0.2, -0.15) is 0 Å². The lowest BCUT2D eigenvalue weighted by atomic mass is 10.1. The molecule has 0 aliphatic heterocycles. The molecule has 1 aromatic heterocycles. The summed E-state index contributed by atoms with van der Waals surface area (Å²) < 4.78 is 5.08. The summed E-state index contributed by atoms with van der Waals surface area (Å²) in [7, 11) is 0. The van der Waals surface area contributed by atoms with Crippen LogP contribution in [-0.4, -0.2) is 34.1 Å². The summed E-state index contributed by atoms with van der Waals surface area (Å²) in [6.07, 6.45) is 0. The van der Waals surface area contributed by atoms with Crippen LogP contribution in [0.3, 0.4) is 0 Å². The quantitative estimate of drug-likeness (QED) is 0.738. The first kappa shape index (κ1) is 18.2. The monoisotopic (exact) mass is 345 g/mol. The van der Waals surface area contributed by atoms with Gasteiger partial charge in [0.25, 0.3) is 11.8 Å². The van der Waals surface area contributed by atoms with Crippen LogP contribution in [0, 0.1) is 0 Å². The standard InChI is InChI=1S/C17H19N3O5/c1-9(2)14-8-13(20-25-14)16(22)19-12-6-4-11(5-7-12)15(21)18-10(3)17(23)24/h4-10H,1-3H3,(H,18,21)(H,19,22)(H,23,24). The van der Waals surface area contributed by atoms with E-state index in [1.165, 1.54) is 19.1 Å². The van der Waals surface area contributed by atoms with Crippen molar-refractivity contribution in [3.05, 3.63) is 47.3 Å². The summed E-state index contributed by atoms with van der Waals surface area (Å²) in [6, 6.07) is 6.65. The maximum Gasteiger partial charge on any atom is 0.325 e. The van der Waals surface area contributed by atoms with Gasteiger partial charge in [0.15, 0.2) is 5.69 Å². The molecule has 0 fully saturated rings. The van der Waals surface area contributed by atoms with Gasteiger partial charge in [-0.3, -0.25) is 14.4 Å². The lowest BCUT2D eigenvalue weighted by Crippen LogP contribution is -2.38. The molecular weight excluding hydrogens is 326 g/mol. The number of carboxylic acid groups (broad SMARTS) is 1. The average molecular weight is 345 g/mol. The van der Waals surface area contributed by atoms with Crippen LogP contribution < -0.4 is 10.6 Å². The lowest BCUT2D eigenvalue weighted by Gasteiger charge is -2.09. The van der Waals surface area contributed by atoms with Crippen molar-refractivity contribution in [2.24, 2.45) is 0 Å². The number of nitrogens with zero attached hydrogens (tertiary/aromatic N) is 1. The van der Waals surface area contributed by atoms with Crippen molar-refractivity contribution in [1.82, 2.24) is 10.5 Å². The first-order valence-corrected chi connectivity index (χ1v) is 7.69. The second kappa shape index (κ2) is 7.61. The summed E-state index contributed by atoms with van der Waals surface area (Å²) in [4.78, 5) is 34.8. The topological polar surface area (TPSA) is 122 Å². The number of rotatable bonds is 6. The average Bonchev–Trinajstić information content (AvgIpc) is 3.05. The van der Waals surface area contributed by atoms with Gasteiger partial charge in [0.2, 0.25) is 0 Å². The van der Waals surface area contributed by atoms with E-state index in [1.54, 1.807) is 18.2 Å². The summed E-state index contributed by atoms with van der Waals surface area (Å²) in [5, 5.41) is 17.5. The van der Waals surface area contributed by atoms with Gasteiger partial charge in [0, 0.05) is 23.2 Å². The third kappa shape index (κ3) is 4.66. The molecule has 132 valence electrons. The molecule has 2 aromatic rings. The van der Waals surface area contributed by atoms with Crippen molar-refractivity contribution in [3.63, 3.8) is 0 Å². The maximum atomic E-state index is 12.1. The number of hydrogen-bond acceptors (Lipinski definition) is 5. The maximum absolute atomic E-state index is 12.1. The number of aromatic nitrogens is 1. The highest BCUT2D eigenvalue weighted by Crippen LogP contribution is 2.16. The number of carbonyl (C=O) groups is 3. The normalized spacial score (nSPS) is 11.8. The summed E-state index contributed by atoms with van der Waals surface area (Å²) in [6.45, 7) is 5.23. The van der Waals surface area contributed by atoms with E-state index in [0.29, 0.717) is 11.4 Å². The van der Waals surface area contributed by atoms with E-state index >= 15 is 0 Å². The van der Waals surface area contributed by atoms with Crippen molar-refractivity contribution < 1.29 is 24.0 Å². The zero-order chi connectivity index (χ0) is 18.6. The van der Waals surface area contributed by atoms with Gasteiger partial charge in [-0.05, 0) is 31.2 Å². The molecule has 1 atom stereocenters. The molecule has 25 heavy (non-hydrogen) atoms. The van der Waals surface area contributed by atoms with Gasteiger partial charge in [-0.25, -0.2) is 0 Å². The fourth-order valence-corrected chi connectivity index (χ4v) is 1.91. The van der Waals surface area contributed by atoms with Crippen molar-refractivity contribution >= 4 is 23.5 Å². The number of aliphatic carboxylic acids is 1. The number of nitrogens with one attached hydrogen (secondary N) is 2. The van der Waals surface area contributed by atoms with Gasteiger partial charge in [0.1, 0.15) is 11.8 Å². The van der Waals surface area contributed by atoms with E-state index in [2.05, 4.69) is 15.8 Å². The second-order valence-electron chi connectivity index (χ2n) is 5.83. The van der Waals surface area contributed by atoms with Crippen LogP contribution in [0.25, 0.3) is 0 Å². The summed E-state index contributed by atoms with van der Waals surface area (Å²) in [5.41, 5.74) is 0.928. The molecule has 1 aromatic carbocycles. The predicted octanol–water partition coefficient (Wildman–Crippen LogP) is 2.25. The SMILES string of the molecule is CC(NC(=O)c1ccc(NC(=O)c2cc(C(C)C)on2)cc1)C(=O)O. The molecule has 3 N–H and O–H groups in total. The van der Waals surface area contributed by atoms with Crippen molar-refractivity contribution in [2.45, 2.75) is 32.7 Å². The third-order valence-corrected chi connectivity index (χ3v) is 3.45. The number of amides is 2. The van der Waals surface area contributed by atoms with E-state index in [0.717, 1.165) is 0 Å². The Morgan fingerprint density at radius 3 is 2.24 bits per heavy atom. The van der Waals surface area contributed by atoms with E-state index in [1.807, 2.05) is 13.8 Å². The van der Waals surface area contributed by atoms with Crippen LogP contribution in [0.1, 0.15) is 53.3 Å². The zero-order valence-electron chi connectivity index (χ0n) is 14.1. The Kier molecular flexibility index (Phi) is 5.53. The minimum absolute atomic E-state index is 0.125. The molecule has 0 radical (unpaired) electrons. The molecule has 0 saturated heterocycles. The molecule has 1 unspecified atom stereocenters. The van der Waals surface area contributed by atoms with Crippen LogP contribution in [0.4, 0.5) is 5.69 Å². The highest BCUT2D eigenvalue weighted by Gasteiger charge is 2.16. The summed E-state index contributed by atoms with van der Waals surface area (Å²) in [5.74, 6) is -1.31. The molecule has 0 aliphatic carbocycles. The Bertz CT molecular complexity index is 780. The first-order chi connectivity index (χ1) is 11.8. The smallest absolute Gasteiger partial charge is 0.325 e. The minimum atomic E-state index is -1.12. The fourth-order valence-electron chi connectivity index (χ4n) is 1.91. The van der Waals surface area contributed by atoms with Gasteiger partial charge >= 0.3 is 5.97 Å². The third-order valence-electron chi connectivity index (χ3n) is 3.45. The van der Waals surface area contributed by atoms with Crippen molar-refractivity contribution in [3.8, 4) is 0 Å². The molecule has 0 spiro atoms. The van der Waals surface area contributed by atoms with Crippen molar-refractivity contribution in [2.75, 3.05) is 5.32 Å². The largest absolute Gasteiger partial charge is 0.480 e. The van der Waals surface area contributed by atoms with Crippen LogP contribution in [0.5, 0.6) is 0 Å². The minimum Gasteiger partial charge on any atom is -0.480 e. The van der Waals surface area contributed by atoms with Crippen LogP contribution in [0.2, 0.25) is 0 Å². The van der Waals surface area contributed by atoms with E-state index in [-0.39, 0.29) is 17.2 Å². The van der Waals surface area contributed by atoms with Gasteiger partial charge in [0.05, 0.1) is 0 Å². The Hall–Kier alpha value is -3.16. The number of anilines is 1. The molecule has 2 amide bonds. The van der Waals surface area contributed by atoms with E-state index < -0.39 is 23.8 Å². The Balaban J connectivity index is 2.00. The Morgan fingerprint density at radius 1 is 1.08 bits per heavy atom. The molecule has 1 heterocycles. The second-order valence-corrected chi connectivity index (χ2v) is 5.83. The molecule has 0 saturated carbocycles. The molecule has 0 bridgehead atoms. The molecule has 0 aliphatic rings. The van der Waals surface area contributed by atoms with Gasteiger partial charge < -0.3 is 20.3 Å². The van der Waals surface area contributed by atoms with Gasteiger partial charge in [-0.1, -0.05) is 19.0 Å².